The van der Waals surface area contributed by atoms with E-state index in [1.54, 1.807) is 101 Å². The Morgan fingerprint density at radius 1 is 0.320 bits per heavy atom. The Morgan fingerprint density at radius 3 is 0.896 bits per heavy atom. The summed E-state index contributed by atoms with van der Waals surface area (Å²) in [6, 6.07) is 30.3. The molecule has 0 fully saturated rings. The fourth-order valence-electron chi connectivity index (χ4n) is 14.0. The van der Waals surface area contributed by atoms with Crippen molar-refractivity contribution in [3.05, 3.63) is 342 Å². The Kier molecular flexibility index (Phi) is 29.5. The number of pyridine rings is 2. The van der Waals surface area contributed by atoms with Crippen molar-refractivity contribution in [2.45, 2.75) is 53.4 Å². The van der Waals surface area contributed by atoms with Gasteiger partial charge < -0.3 is 40.9 Å². The first-order valence-corrected chi connectivity index (χ1v) is 40.0. The van der Waals surface area contributed by atoms with Crippen molar-refractivity contribution in [1.29, 1.82) is 0 Å². The molecule has 4 N–H and O–H groups in total. The van der Waals surface area contributed by atoms with E-state index < -0.39 is 122 Å². The van der Waals surface area contributed by atoms with Crippen LogP contribution >= 0.6 is 35.1 Å². The number of hydrogen-bond donors (Lipinski definition) is 4. The van der Waals surface area contributed by atoms with Gasteiger partial charge in [0.05, 0.1) is 18.1 Å². The average Bonchev–Trinajstić information content (AvgIpc) is 1.26. The van der Waals surface area contributed by atoms with Gasteiger partial charge in [-0.2, -0.15) is 0 Å². The largest absolute Gasteiger partial charge is 0.350 e. The summed E-state index contributed by atoms with van der Waals surface area (Å²) in [4.78, 5) is 82.5. The summed E-state index contributed by atoms with van der Waals surface area (Å²) in [5.74, 6) is -18.9. The number of halogens is 15. The second kappa shape index (κ2) is 40.7. The lowest BCUT2D eigenvalue weighted by atomic mass is 9.94. The van der Waals surface area contributed by atoms with Crippen molar-refractivity contribution in [1.82, 2.24) is 29.9 Å². The van der Waals surface area contributed by atoms with Gasteiger partial charge in [0.2, 0.25) is 0 Å². The first kappa shape index (κ1) is 90.8. The third-order valence-electron chi connectivity index (χ3n) is 20.6. The number of carbonyl (C=O) groups excluding carboxylic acids is 4. The summed E-state index contributed by atoms with van der Waals surface area (Å²) in [5, 5.41) is 15.4. The highest BCUT2D eigenvalue weighted by molar-refractivity contribution is 7.14. The molecular formula is C90H73ClF14N14O4S2. The van der Waals surface area contributed by atoms with Crippen LogP contribution in [-0.4, -0.2) is 106 Å². The van der Waals surface area contributed by atoms with E-state index in [0.29, 0.717) is 110 Å². The predicted octanol–water partition coefficient (Wildman–Crippen LogP) is 21.4. The van der Waals surface area contributed by atoms with Crippen LogP contribution in [0.2, 0.25) is 0 Å². The highest BCUT2D eigenvalue weighted by Gasteiger charge is 2.29. The monoisotopic (exact) mass is 1780 g/mol. The summed E-state index contributed by atoms with van der Waals surface area (Å²) < 4.78 is 191. The molecule has 9 heterocycles. The van der Waals surface area contributed by atoms with E-state index in [4.69, 9.17) is 0 Å². The molecule has 4 aliphatic heterocycles. The maximum absolute atomic E-state index is 14.2. The van der Waals surface area contributed by atoms with Crippen molar-refractivity contribution >= 4 is 126 Å². The molecule has 35 heteroatoms. The van der Waals surface area contributed by atoms with Crippen LogP contribution in [0.1, 0.15) is 117 Å². The highest BCUT2D eigenvalue weighted by atomic mass is 35.5. The molecule has 4 amide bonds. The molecule has 18 nitrogen and oxygen atoms in total. The molecule has 4 aliphatic rings. The molecule has 0 saturated heterocycles. The van der Waals surface area contributed by atoms with E-state index in [2.05, 4.69) is 74.8 Å². The minimum absolute atomic E-state index is 0. The summed E-state index contributed by atoms with van der Waals surface area (Å²) in [6.45, 7) is 13.5. The van der Waals surface area contributed by atoms with E-state index in [1.807, 2.05) is 53.8 Å². The lowest BCUT2D eigenvalue weighted by Crippen LogP contribution is -2.32. The number of hydrogen-bond acceptors (Lipinski definition) is 16. The summed E-state index contributed by atoms with van der Waals surface area (Å²) in [5.41, 5.74) is 10.1. The fraction of sp³-hybridized carbons (Fsp3) is 0.178. The smallest absolute Gasteiger partial charge is 0.262 e. The fourth-order valence-corrected chi connectivity index (χ4v) is 15.3. The zero-order valence-electron chi connectivity index (χ0n) is 66.6. The first-order valence-electron chi connectivity index (χ1n) is 38.2. The van der Waals surface area contributed by atoms with Crippen LogP contribution in [0.3, 0.4) is 0 Å². The predicted molar refractivity (Wildman–Crippen MR) is 456 cm³/mol. The normalized spacial score (nSPS) is 14.0. The molecule has 0 radical (unpaired) electrons. The average molecular weight is 1780 g/mol. The third-order valence-corrected chi connectivity index (χ3v) is 22.2. The molecule has 125 heavy (non-hydrogen) atoms. The van der Waals surface area contributed by atoms with Crippen LogP contribution < -0.4 is 40.9 Å². The van der Waals surface area contributed by atoms with Crippen molar-refractivity contribution in [3.8, 4) is 0 Å². The maximum atomic E-state index is 14.2. The van der Waals surface area contributed by atoms with Crippen molar-refractivity contribution in [2.75, 3.05) is 93.2 Å². The van der Waals surface area contributed by atoms with E-state index in [9.17, 15) is 80.6 Å². The summed E-state index contributed by atoms with van der Waals surface area (Å²) in [6.07, 6.45) is 12.6. The molecular weight excluding hydrogens is 1710 g/mol. The number of nitrogens with zero attached hydrogens (tertiary/aromatic N) is 10. The van der Waals surface area contributed by atoms with Gasteiger partial charge in [-0.25, -0.2) is 86.4 Å². The van der Waals surface area contributed by atoms with Gasteiger partial charge in [0.15, 0.2) is 39.4 Å². The molecule has 12 aromatic rings. The molecule has 16 rings (SSSR count). The Morgan fingerprint density at radius 2 is 0.608 bits per heavy atom. The zero-order valence-corrected chi connectivity index (χ0v) is 69.0. The van der Waals surface area contributed by atoms with Gasteiger partial charge in [0.25, 0.3) is 23.6 Å². The quantitative estimate of drug-likeness (QED) is 0.0664. The standard InChI is InChI=1S/C24H19F4N3O.C22H17F4N5O.2C22H18F3N3OS.ClH/c1-14-8-10-31(23-19(26)3-2-9-29-23)13-18(14)15-4-6-17(7-5-15)30-24(32)22-20(27)11-16(25)12-21(22)28;1-12-4-6-31(21-15(24)3-2-5-27-21)11-14(12)18-9-29-19(10-28-18)30-22(32)20-16(25)7-13(23)8-17(20)26;2*1-13-6-8-28(22-26-7-9-30-22)12-17(13)14-2-4-16(5-3-14)27-21(29)20-18(24)10-15(23)11-19(20)25;/h2-7,9,11-12H,8,10,13H2,1H3,(H,30,32);2-3,5,7-10H,4,6,11H2,1H3,(H,29,30,32);2*2-5,7,9-11H,6,8,12H2,1H3,(H,27,29);1H. The van der Waals surface area contributed by atoms with Gasteiger partial charge in [-0.3, -0.25) is 24.2 Å². The van der Waals surface area contributed by atoms with Crippen molar-refractivity contribution < 1.29 is 80.6 Å². The van der Waals surface area contributed by atoms with Gasteiger partial charge in [0, 0.05) is 153 Å². The summed E-state index contributed by atoms with van der Waals surface area (Å²) >= 11 is 3.20. The highest BCUT2D eigenvalue weighted by Crippen LogP contribution is 2.37. The molecule has 7 aromatic carbocycles. The van der Waals surface area contributed by atoms with Crippen molar-refractivity contribution in [2.24, 2.45) is 0 Å². The second-order valence-electron chi connectivity index (χ2n) is 28.8. The van der Waals surface area contributed by atoms with Crippen LogP contribution in [0.5, 0.6) is 0 Å². The zero-order chi connectivity index (χ0) is 88.2. The molecule has 0 spiro atoms. The summed E-state index contributed by atoms with van der Waals surface area (Å²) in [7, 11) is 0. The molecule has 5 aromatic heterocycles. The third kappa shape index (κ3) is 22.1. The SMILES string of the molecule is CC1=C(c2ccc(NC(=O)c3c(F)cc(F)cc3F)cc2)CN(c2ncccc2F)CC1.CC1=C(c2ccc(NC(=O)c3c(F)cc(F)cc3F)cc2)CN(c2nccs2)CC1.CC1=C(c2ccc(NC(=O)c3c(F)cc(F)cc3F)cc2)CN(c2nccs2)CC1.CC1=C(c2cnc(NC(=O)c3c(F)cc(F)cc3F)cn2)CN(c2ncccc2F)CC1.Cl. The number of amides is 4. The maximum Gasteiger partial charge on any atom is 0.262 e. The van der Waals surface area contributed by atoms with Gasteiger partial charge in [0.1, 0.15) is 92.1 Å². The minimum Gasteiger partial charge on any atom is -0.350 e. The molecule has 0 aliphatic carbocycles. The van der Waals surface area contributed by atoms with Crippen LogP contribution in [0.25, 0.3) is 22.3 Å². The Labute approximate surface area is 720 Å². The van der Waals surface area contributed by atoms with E-state index in [-0.39, 0.29) is 29.9 Å². The van der Waals surface area contributed by atoms with Gasteiger partial charge in [-0.05, 0) is 153 Å². The van der Waals surface area contributed by atoms with E-state index in [0.717, 1.165) is 94.7 Å². The van der Waals surface area contributed by atoms with E-state index in [1.165, 1.54) is 59.1 Å². The van der Waals surface area contributed by atoms with Gasteiger partial charge in [-0.15, -0.1) is 35.1 Å². The lowest BCUT2D eigenvalue weighted by molar-refractivity contribution is 0.100. The number of thiazole rings is 2. The number of aromatic nitrogens is 6. The number of rotatable bonds is 16. The Hall–Kier alpha value is -13.5. The minimum atomic E-state index is -1.32. The Bertz CT molecular complexity index is 5670. The van der Waals surface area contributed by atoms with Gasteiger partial charge >= 0.3 is 0 Å². The number of nitrogens with one attached hydrogen (secondary N) is 4. The lowest BCUT2D eigenvalue weighted by Gasteiger charge is -2.31. The second-order valence-corrected chi connectivity index (χ2v) is 30.5. The van der Waals surface area contributed by atoms with Crippen LogP contribution in [0.15, 0.2) is 216 Å². The molecule has 0 unspecified atom stereocenters. The molecule has 0 atom stereocenters. The number of anilines is 8. The molecule has 0 saturated carbocycles. The molecule has 0 bridgehead atoms. The molecule has 644 valence electrons. The Balaban J connectivity index is 0.000000151. The van der Waals surface area contributed by atoms with Gasteiger partial charge in [-0.1, -0.05) is 58.7 Å². The van der Waals surface area contributed by atoms with Crippen molar-refractivity contribution in [3.63, 3.8) is 0 Å². The van der Waals surface area contributed by atoms with Crippen LogP contribution in [0.4, 0.5) is 106 Å². The first-order chi connectivity index (χ1) is 59.5. The van der Waals surface area contributed by atoms with Crippen LogP contribution in [0, 0.1) is 81.4 Å². The number of carbonyl (C=O) groups is 4. The topological polar surface area (TPSA) is 207 Å². The number of benzene rings is 7. The van der Waals surface area contributed by atoms with E-state index >= 15 is 0 Å². The van der Waals surface area contributed by atoms with Crippen LogP contribution in [-0.2, 0) is 0 Å².